The first-order valence-corrected chi connectivity index (χ1v) is 8.78. The molecule has 0 aromatic heterocycles. The minimum Gasteiger partial charge on any atom is -0.497 e. The van der Waals surface area contributed by atoms with E-state index in [4.69, 9.17) is 21.7 Å². The third-order valence-electron chi connectivity index (χ3n) is 3.49. The Kier molecular flexibility index (Phi) is 7.98. The van der Waals surface area contributed by atoms with E-state index in [1.54, 1.807) is 37.5 Å². The predicted molar refractivity (Wildman–Crippen MR) is 111 cm³/mol. The second-order valence-corrected chi connectivity index (χ2v) is 6.11. The fraction of sp³-hybridized carbons (Fsp3) is 0.150. The highest BCUT2D eigenvalue weighted by Gasteiger charge is 2.05. The molecule has 0 bridgehead atoms. The monoisotopic (exact) mass is 399 g/mol. The Morgan fingerprint density at radius 2 is 1.64 bits per heavy atom. The maximum atomic E-state index is 11.8. The standard InChI is InChI=1S/C20H21N3O4S/c1-14-3-5-15(6-4-14)7-12-18(24)21-20(28)23-22-19(25)13-27-17-10-8-16(26-2)9-11-17/h3-12H,13H2,1-2H3,(H,22,25)(H2,21,23,24,28)/b12-7+. The molecule has 0 heterocycles. The molecule has 2 aromatic rings. The van der Waals surface area contributed by atoms with Gasteiger partial charge in [0, 0.05) is 6.08 Å². The van der Waals surface area contributed by atoms with E-state index in [2.05, 4.69) is 16.2 Å². The maximum Gasteiger partial charge on any atom is 0.276 e. The van der Waals surface area contributed by atoms with E-state index >= 15 is 0 Å². The molecule has 0 saturated carbocycles. The van der Waals surface area contributed by atoms with E-state index in [0.717, 1.165) is 11.1 Å². The molecule has 7 nitrogen and oxygen atoms in total. The predicted octanol–water partition coefficient (Wildman–Crippen LogP) is 2.12. The number of ether oxygens (including phenoxy) is 2. The topological polar surface area (TPSA) is 88.7 Å². The smallest absolute Gasteiger partial charge is 0.276 e. The number of hydrogen-bond acceptors (Lipinski definition) is 5. The number of hydrogen-bond donors (Lipinski definition) is 3. The summed E-state index contributed by atoms with van der Waals surface area (Å²) in [6.45, 7) is 1.77. The second kappa shape index (κ2) is 10.7. The highest BCUT2D eigenvalue weighted by Crippen LogP contribution is 2.16. The molecule has 0 fully saturated rings. The summed E-state index contributed by atoms with van der Waals surface area (Å²) in [7, 11) is 1.56. The number of carbonyl (C=O) groups excluding carboxylic acids is 2. The van der Waals surface area contributed by atoms with Crippen molar-refractivity contribution in [2.24, 2.45) is 0 Å². The van der Waals surface area contributed by atoms with Crippen molar-refractivity contribution in [2.75, 3.05) is 13.7 Å². The van der Waals surface area contributed by atoms with Crippen LogP contribution in [0.3, 0.4) is 0 Å². The number of carbonyl (C=O) groups is 2. The van der Waals surface area contributed by atoms with Gasteiger partial charge in [-0.25, -0.2) is 0 Å². The summed E-state index contributed by atoms with van der Waals surface area (Å²) >= 11 is 4.96. The van der Waals surface area contributed by atoms with Gasteiger partial charge in [0.25, 0.3) is 5.91 Å². The maximum absolute atomic E-state index is 11.8. The number of aryl methyl sites for hydroxylation is 1. The molecule has 146 valence electrons. The van der Waals surface area contributed by atoms with Crippen LogP contribution in [0.1, 0.15) is 11.1 Å². The molecule has 0 atom stereocenters. The number of amides is 2. The zero-order valence-electron chi connectivity index (χ0n) is 15.5. The summed E-state index contributed by atoms with van der Waals surface area (Å²) in [4.78, 5) is 23.6. The molecule has 28 heavy (non-hydrogen) atoms. The summed E-state index contributed by atoms with van der Waals surface area (Å²) in [5.41, 5.74) is 6.81. The Hall–Kier alpha value is -3.39. The van der Waals surface area contributed by atoms with Gasteiger partial charge in [-0.1, -0.05) is 29.8 Å². The number of nitrogens with one attached hydrogen (secondary N) is 3. The minimum atomic E-state index is -0.456. The zero-order chi connectivity index (χ0) is 20.4. The van der Waals surface area contributed by atoms with Gasteiger partial charge in [0.1, 0.15) is 11.5 Å². The molecule has 8 heteroatoms. The van der Waals surface area contributed by atoms with Gasteiger partial charge in [0.05, 0.1) is 7.11 Å². The Labute approximate surface area is 168 Å². The van der Waals surface area contributed by atoms with Crippen molar-refractivity contribution in [1.29, 1.82) is 0 Å². The fourth-order valence-electron chi connectivity index (χ4n) is 2.02. The van der Waals surface area contributed by atoms with Crippen LogP contribution < -0.4 is 25.6 Å². The van der Waals surface area contributed by atoms with Crippen molar-refractivity contribution in [2.45, 2.75) is 6.92 Å². The van der Waals surface area contributed by atoms with Crippen molar-refractivity contribution in [1.82, 2.24) is 16.2 Å². The van der Waals surface area contributed by atoms with E-state index in [1.807, 2.05) is 31.2 Å². The highest BCUT2D eigenvalue weighted by atomic mass is 32.1. The molecule has 2 rings (SSSR count). The van der Waals surface area contributed by atoms with Gasteiger partial charge in [-0.2, -0.15) is 0 Å². The Bertz CT molecular complexity index is 849. The SMILES string of the molecule is COc1ccc(OCC(=O)NNC(=S)NC(=O)/C=C/c2ccc(C)cc2)cc1. The van der Waals surface area contributed by atoms with Crippen LogP contribution >= 0.6 is 12.2 Å². The molecule has 0 unspecified atom stereocenters. The number of hydrazine groups is 1. The molecule has 3 N–H and O–H groups in total. The summed E-state index contributed by atoms with van der Waals surface area (Å²) in [6, 6.07) is 14.5. The largest absolute Gasteiger partial charge is 0.497 e. The van der Waals surface area contributed by atoms with Gasteiger partial charge >= 0.3 is 0 Å². The van der Waals surface area contributed by atoms with Gasteiger partial charge < -0.3 is 9.47 Å². The van der Waals surface area contributed by atoms with E-state index < -0.39 is 11.8 Å². The summed E-state index contributed by atoms with van der Waals surface area (Å²) in [5, 5.41) is 2.40. The third kappa shape index (κ3) is 7.46. The lowest BCUT2D eigenvalue weighted by atomic mass is 10.1. The molecule has 2 aromatic carbocycles. The van der Waals surface area contributed by atoms with E-state index in [0.29, 0.717) is 11.5 Å². The first kappa shape index (κ1) is 20.9. The lowest BCUT2D eigenvalue weighted by Gasteiger charge is -2.10. The average molecular weight is 399 g/mol. The summed E-state index contributed by atoms with van der Waals surface area (Å²) in [6.07, 6.45) is 3.02. The van der Waals surface area contributed by atoms with Crippen LogP contribution in [0.5, 0.6) is 11.5 Å². The molecular formula is C20H21N3O4S. The quantitative estimate of drug-likeness (QED) is 0.392. The molecule has 0 spiro atoms. The summed E-state index contributed by atoms with van der Waals surface area (Å²) in [5.74, 6) is 0.341. The van der Waals surface area contributed by atoms with Gasteiger partial charge in [-0.15, -0.1) is 0 Å². The Morgan fingerprint density at radius 3 is 2.29 bits per heavy atom. The van der Waals surface area contributed by atoms with Gasteiger partial charge in [0.2, 0.25) is 5.91 Å². The summed E-state index contributed by atoms with van der Waals surface area (Å²) < 4.78 is 10.4. The molecule has 0 aliphatic heterocycles. The van der Waals surface area contributed by atoms with Gasteiger partial charge in [0.15, 0.2) is 11.7 Å². The molecular weight excluding hydrogens is 378 g/mol. The first-order chi connectivity index (χ1) is 13.5. The van der Waals surface area contributed by atoms with Crippen LogP contribution in [0, 0.1) is 6.92 Å². The van der Waals surface area contributed by atoms with E-state index in [-0.39, 0.29) is 11.7 Å². The van der Waals surface area contributed by atoms with Crippen LogP contribution in [0.15, 0.2) is 54.6 Å². The molecule has 0 radical (unpaired) electrons. The normalized spacial score (nSPS) is 10.2. The van der Waals surface area contributed by atoms with Crippen molar-refractivity contribution in [3.05, 3.63) is 65.7 Å². The lowest BCUT2D eigenvalue weighted by Crippen LogP contribution is -2.49. The van der Waals surface area contributed by atoms with Crippen molar-refractivity contribution in [3.8, 4) is 11.5 Å². The van der Waals surface area contributed by atoms with Crippen molar-refractivity contribution in [3.63, 3.8) is 0 Å². The average Bonchev–Trinajstić information content (AvgIpc) is 2.70. The molecule has 0 aliphatic rings. The number of methoxy groups -OCH3 is 1. The Morgan fingerprint density at radius 1 is 1.00 bits per heavy atom. The van der Waals surface area contributed by atoms with Crippen molar-refractivity contribution < 1.29 is 19.1 Å². The lowest BCUT2D eigenvalue weighted by molar-refractivity contribution is -0.123. The van der Waals surface area contributed by atoms with E-state index in [1.165, 1.54) is 6.08 Å². The van der Waals surface area contributed by atoms with Crippen LogP contribution in [0.25, 0.3) is 6.08 Å². The van der Waals surface area contributed by atoms with Crippen LogP contribution in [0.2, 0.25) is 0 Å². The zero-order valence-corrected chi connectivity index (χ0v) is 16.3. The van der Waals surface area contributed by atoms with Crippen LogP contribution in [-0.2, 0) is 9.59 Å². The third-order valence-corrected chi connectivity index (χ3v) is 3.69. The highest BCUT2D eigenvalue weighted by molar-refractivity contribution is 7.80. The number of thiocarbonyl (C=S) groups is 1. The Balaban J connectivity index is 1.68. The van der Waals surface area contributed by atoms with E-state index in [9.17, 15) is 9.59 Å². The van der Waals surface area contributed by atoms with Gasteiger partial charge in [-0.3, -0.25) is 25.8 Å². The molecule has 0 aliphatic carbocycles. The van der Waals surface area contributed by atoms with Crippen LogP contribution in [-0.4, -0.2) is 30.6 Å². The second-order valence-electron chi connectivity index (χ2n) is 5.70. The molecule has 2 amide bonds. The fourth-order valence-corrected chi connectivity index (χ4v) is 2.17. The van der Waals surface area contributed by atoms with Crippen molar-refractivity contribution >= 4 is 35.2 Å². The minimum absolute atomic E-state index is 0.0312. The number of rotatable bonds is 6. The molecule has 0 saturated heterocycles. The number of benzene rings is 2. The first-order valence-electron chi connectivity index (χ1n) is 8.37. The van der Waals surface area contributed by atoms with Crippen LogP contribution in [0.4, 0.5) is 0 Å². The van der Waals surface area contributed by atoms with Gasteiger partial charge in [-0.05, 0) is 55.0 Å².